The fourth-order valence-electron chi connectivity index (χ4n) is 5.36. The summed E-state index contributed by atoms with van der Waals surface area (Å²) in [6.07, 6.45) is 20.4. The monoisotopic (exact) mass is 556 g/mol. The van der Waals surface area contributed by atoms with Crippen molar-refractivity contribution in [2.75, 3.05) is 0 Å². The lowest BCUT2D eigenvalue weighted by molar-refractivity contribution is -0.554. The van der Waals surface area contributed by atoms with Gasteiger partial charge in [-0.3, -0.25) is 19.7 Å². The summed E-state index contributed by atoms with van der Waals surface area (Å²) in [4.78, 5) is 27.1. The molecule has 0 bridgehead atoms. The normalized spacial score (nSPS) is 16.0. The number of aromatic nitrogens is 4. The molecule has 0 spiro atoms. The number of allylic oxidation sites excluding steroid dienone is 8. The summed E-state index contributed by atoms with van der Waals surface area (Å²) in [6, 6.07) is 28.4. The van der Waals surface area contributed by atoms with Gasteiger partial charge in [0.25, 0.3) is 0 Å². The van der Waals surface area contributed by atoms with Crippen LogP contribution in [0.15, 0.2) is 164 Å². The Morgan fingerprint density at radius 1 is 0.628 bits per heavy atom. The summed E-state index contributed by atoms with van der Waals surface area (Å²) in [7, 11) is 0. The van der Waals surface area contributed by atoms with Gasteiger partial charge in [-0.15, -0.1) is 0 Å². The van der Waals surface area contributed by atoms with E-state index in [1.807, 2.05) is 97.2 Å². The average molecular weight is 557 g/mol. The predicted molar refractivity (Wildman–Crippen MR) is 168 cm³/mol. The summed E-state index contributed by atoms with van der Waals surface area (Å²) < 4.78 is 2.20. The second-order valence-electron chi connectivity index (χ2n) is 10.0. The number of hydrogen-bond donors (Lipinski definition) is 1. The van der Waals surface area contributed by atoms with Crippen LogP contribution >= 0.6 is 0 Å². The molecule has 0 radical (unpaired) electrons. The van der Waals surface area contributed by atoms with Crippen molar-refractivity contribution >= 4 is 17.1 Å². The van der Waals surface area contributed by atoms with E-state index in [4.69, 9.17) is 0 Å². The van der Waals surface area contributed by atoms with Crippen LogP contribution in [0.3, 0.4) is 0 Å². The number of dihydropyridines is 1. The molecule has 1 aliphatic carbocycles. The van der Waals surface area contributed by atoms with Crippen molar-refractivity contribution < 1.29 is 9.36 Å². The van der Waals surface area contributed by atoms with Crippen LogP contribution in [-0.2, 0) is 4.79 Å². The van der Waals surface area contributed by atoms with Crippen molar-refractivity contribution in [1.29, 1.82) is 0 Å². The van der Waals surface area contributed by atoms with E-state index in [1.165, 1.54) is 0 Å². The second kappa shape index (κ2) is 11.5. The number of rotatable bonds is 5. The molecule has 7 rings (SSSR count). The first-order chi connectivity index (χ1) is 21.3. The minimum Gasteiger partial charge on any atom is -0.361 e. The van der Waals surface area contributed by atoms with Gasteiger partial charge in [0.1, 0.15) is 0 Å². The molecule has 1 N–H and O–H groups in total. The van der Waals surface area contributed by atoms with Crippen molar-refractivity contribution in [3.05, 3.63) is 169 Å². The molecule has 2 aliphatic rings. The Morgan fingerprint density at radius 2 is 1.30 bits per heavy atom. The van der Waals surface area contributed by atoms with Crippen molar-refractivity contribution in [2.45, 2.75) is 0 Å². The summed E-state index contributed by atoms with van der Waals surface area (Å²) in [6.45, 7) is 0. The van der Waals surface area contributed by atoms with Crippen LogP contribution in [-0.4, -0.2) is 20.7 Å². The van der Waals surface area contributed by atoms with Gasteiger partial charge in [-0.2, -0.15) is 4.57 Å². The third kappa shape index (κ3) is 5.13. The Bertz CT molecular complexity index is 1910. The molecular formula is C37H26N5O+. The molecule has 6 nitrogen and oxygen atoms in total. The lowest BCUT2D eigenvalue weighted by Gasteiger charge is -2.19. The van der Waals surface area contributed by atoms with Crippen LogP contribution in [0, 0.1) is 0 Å². The molecule has 204 valence electrons. The molecule has 0 saturated carbocycles. The Balaban J connectivity index is 1.57. The highest BCUT2D eigenvalue weighted by Crippen LogP contribution is 2.34. The third-order valence-electron chi connectivity index (χ3n) is 7.40. The fraction of sp³-hybridized carbons (Fsp3) is 0. The highest BCUT2D eigenvalue weighted by Gasteiger charge is 2.32. The zero-order valence-electron chi connectivity index (χ0n) is 23.1. The molecule has 1 aliphatic heterocycles. The first kappa shape index (κ1) is 25.9. The van der Waals surface area contributed by atoms with Crippen molar-refractivity contribution in [3.8, 4) is 33.6 Å². The highest BCUT2D eigenvalue weighted by molar-refractivity contribution is 6.32. The maximum absolute atomic E-state index is 14.0. The Morgan fingerprint density at radius 3 is 1.91 bits per heavy atom. The molecule has 43 heavy (non-hydrogen) atoms. The average Bonchev–Trinajstić information content (AvgIpc) is 3.10. The van der Waals surface area contributed by atoms with Crippen LogP contribution in [0.2, 0.25) is 0 Å². The molecule has 5 heterocycles. The molecule has 0 unspecified atom stereocenters. The van der Waals surface area contributed by atoms with Gasteiger partial charge in [0, 0.05) is 78.3 Å². The molecule has 1 aromatic carbocycles. The van der Waals surface area contributed by atoms with E-state index in [-0.39, 0.29) is 5.78 Å². The minimum atomic E-state index is -0.0951. The molecular weight excluding hydrogens is 530 g/mol. The second-order valence-corrected chi connectivity index (χ2v) is 10.0. The van der Waals surface area contributed by atoms with Crippen molar-refractivity contribution in [1.82, 2.24) is 20.3 Å². The summed E-state index contributed by atoms with van der Waals surface area (Å²) >= 11 is 0. The number of benzene rings is 1. The van der Waals surface area contributed by atoms with E-state index in [2.05, 4.69) is 49.1 Å². The van der Waals surface area contributed by atoms with Crippen molar-refractivity contribution in [2.24, 2.45) is 0 Å². The fourth-order valence-corrected chi connectivity index (χ4v) is 5.36. The van der Waals surface area contributed by atoms with Gasteiger partial charge in [0.05, 0.1) is 16.8 Å². The molecule has 0 amide bonds. The number of pyridine rings is 4. The lowest BCUT2D eigenvalue weighted by atomic mass is 9.91. The van der Waals surface area contributed by atoms with E-state index in [0.717, 1.165) is 45.0 Å². The number of nitrogens with zero attached hydrogens (tertiary/aromatic N) is 4. The number of carbonyl (C=O) groups is 1. The Kier molecular flexibility index (Phi) is 6.91. The van der Waals surface area contributed by atoms with Crippen LogP contribution in [0.25, 0.3) is 44.9 Å². The van der Waals surface area contributed by atoms with E-state index in [1.54, 1.807) is 31.0 Å². The number of Topliss-reactive ketones (excluding diaryl/α,β-unsaturated/α-hetero) is 1. The minimum absolute atomic E-state index is 0.0951. The lowest BCUT2D eigenvalue weighted by Crippen LogP contribution is -2.39. The highest BCUT2D eigenvalue weighted by atomic mass is 16.1. The standard InChI is InChI=1S/C37H25N5O/c43-37-31(33-10-4-6-16-40-33)24-30(25-32(37)34-11-5-7-17-41-34)42-35(27-12-18-38-19-13-27)22-29(26-8-2-1-3-9-26)23-36(42)28-14-20-39-21-15-28/h1-25H/p+1. The SMILES string of the molecule is O=C1C(c2ccccn2)=CC([n+]2c(-c3ccncc3)cc(-c3ccccc3)cc2-c2ccncc2)=CC1=C1C=CC=CN1. The third-order valence-corrected chi connectivity index (χ3v) is 7.40. The molecule has 0 fully saturated rings. The van der Waals surface area contributed by atoms with Gasteiger partial charge in [0.2, 0.25) is 17.1 Å². The first-order valence-electron chi connectivity index (χ1n) is 14.0. The number of hydrogen-bond acceptors (Lipinski definition) is 5. The van der Waals surface area contributed by atoms with Gasteiger partial charge >= 0.3 is 0 Å². The smallest absolute Gasteiger partial charge is 0.219 e. The van der Waals surface area contributed by atoms with Crippen LogP contribution in [0.4, 0.5) is 0 Å². The van der Waals surface area contributed by atoms with Crippen LogP contribution in [0.5, 0.6) is 0 Å². The van der Waals surface area contributed by atoms with E-state index >= 15 is 0 Å². The molecule has 4 aromatic heterocycles. The van der Waals surface area contributed by atoms with Crippen molar-refractivity contribution in [3.63, 3.8) is 0 Å². The molecule has 5 aromatic rings. The number of ketones is 1. The molecule has 6 heteroatoms. The van der Waals surface area contributed by atoms with Gasteiger partial charge in [-0.1, -0.05) is 42.5 Å². The Labute approximate surface area is 249 Å². The summed E-state index contributed by atoms with van der Waals surface area (Å²) in [5, 5.41) is 3.26. The van der Waals surface area contributed by atoms with Gasteiger partial charge in [-0.05, 0) is 59.7 Å². The number of carbonyl (C=O) groups excluding carboxylic acids is 1. The summed E-state index contributed by atoms with van der Waals surface area (Å²) in [5.74, 6) is -0.0951. The zero-order valence-corrected chi connectivity index (χ0v) is 23.1. The van der Waals surface area contributed by atoms with Gasteiger partial charge in [0.15, 0.2) is 5.78 Å². The summed E-state index contributed by atoms with van der Waals surface area (Å²) in [5.41, 5.74) is 9.28. The van der Waals surface area contributed by atoms with E-state index in [0.29, 0.717) is 16.8 Å². The quantitative estimate of drug-likeness (QED) is 0.195. The largest absolute Gasteiger partial charge is 0.361 e. The van der Waals surface area contributed by atoms with Gasteiger partial charge < -0.3 is 5.32 Å². The number of nitrogens with one attached hydrogen (secondary N) is 1. The zero-order chi connectivity index (χ0) is 29.0. The Hall–Kier alpha value is -6.01. The maximum atomic E-state index is 14.0. The van der Waals surface area contributed by atoms with Crippen LogP contribution in [0.1, 0.15) is 5.69 Å². The maximum Gasteiger partial charge on any atom is 0.219 e. The predicted octanol–water partition coefficient (Wildman–Crippen LogP) is 6.59. The molecule has 0 atom stereocenters. The van der Waals surface area contributed by atoms with Gasteiger partial charge in [-0.25, -0.2) is 0 Å². The first-order valence-corrected chi connectivity index (χ1v) is 14.0. The van der Waals surface area contributed by atoms with Crippen LogP contribution < -0.4 is 9.88 Å². The molecule has 0 saturated heterocycles. The van der Waals surface area contributed by atoms with E-state index in [9.17, 15) is 4.79 Å². The topological polar surface area (TPSA) is 71.7 Å². The van der Waals surface area contributed by atoms with E-state index < -0.39 is 0 Å².